The molecule has 3 heteroatoms. The van der Waals surface area contributed by atoms with E-state index in [0.29, 0.717) is 0 Å². The van der Waals surface area contributed by atoms with E-state index in [9.17, 15) is 0 Å². The van der Waals surface area contributed by atoms with Gasteiger partial charge < -0.3 is 16.0 Å². The molecule has 0 bridgehead atoms. The van der Waals surface area contributed by atoms with Crippen LogP contribution in [0.2, 0.25) is 0 Å². The van der Waals surface area contributed by atoms with E-state index in [-0.39, 0.29) is 0 Å². The number of nitrogens with two attached hydrogens (primary N) is 1. The second-order valence-electron chi connectivity index (χ2n) is 7.13. The van der Waals surface area contributed by atoms with Gasteiger partial charge in [0.05, 0.1) is 0 Å². The fraction of sp³-hybridized carbons (Fsp3) is 1.00. The van der Waals surface area contributed by atoms with Crippen LogP contribution >= 0.6 is 0 Å². The molecule has 0 saturated carbocycles. The van der Waals surface area contributed by atoms with Crippen LogP contribution in [0, 0.1) is 11.8 Å². The minimum absolute atomic E-state index is 0.776. The number of rotatable bonds is 17. The molecule has 0 spiro atoms. The van der Waals surface area contributed by atoms with E-state index < -0.39 is 0 Å². The predicted molar refractivity (Wildman–Crippen MR) is 105 cm³/mol. The minimum Gasteiger partial charge on any atom is -0.329 e. The molecule has 2 atom stereocenters. The average molecular weight is 328 g/mol. The molecule has 3 nitrogen and oxygen atoms in total. The molecule has 0 rings (SSSR count). The third kappa shape index (κ3) is 12.9. The van der Waals surface area contributed by atoms with Gasteiger partial charge in [-0.05, 0) is 31.2 Å². The molecule has 0 aromatic carbocycles. The van der Waals surface area contributed by atoms with E-state index >= 15 is 0 Å². The Balaban J connectivity index is 4.01. The number of unbranched alkanes of at least 4 members (excludes halogenated alkanes) is 2. The van der Waals surface area contributed by atoms with E-state index in [1.54, 1.807) is 0 Å². The number of nitrogens with one attached hydrogen (secondary N) is 1. The van der Waals surface area contributed by atoms with Gasteiger partial charge in [0.2, 0.25) is 0 Å². The molecule has 0 aliphatic rings. The van der Waals surface area contributed by atoms with Gasteiger partial charge in [-0.1, -0.05) is 66.2 Å². The molecule has 0 fully saturated rings. The summed E-state index contributed by atoms with van der Waals surface area (Å²) < 4.78 is 0. The second kappa shape index (κ2) is 16.7. The van der Waals surface area contributed by atoms with Crippen molar-refractivity contribution in [1.29, 1.82) is 0 Å². The molecule has 140 valence electrons. The van der Waals surface area contributed by atoms with Crippen molar-refractivity contribution in [2.24, 2.45) is 17.6 Å². The van der Waals surface area contributed by atoms with Gasteiger partial charge in [0.15, 0.2) is 0 Å². The Kier molecular flexibility index (Phi) is 16.6. The minimum atomic E-state index is 0.776. The zero-order valence-corrected chi connectivity index (χ0v) is 16.6. The summed E-state index contributed by atoms with van der Waals surface area (Å²) in [5.74, 6) is 1.69. The molecule has 0 aromatic rings. The highest BCUT2D eigenvalue weighted by atomic mass is 15.1. The van der Waals surface area contributed by atoms with Crippen LogP contribution in [0.4, 0.5) is 0 Å². The van der Waals surface area contributed by atoms with Crippen LogP contribution < -0.4 is 11.1 Å². The van der Waals surface area contributed by atoms with E-state index in [2.05, 4.69) is 37.9 Å². The summed E-state index contributed by atoms with van der Waals surface area (Å²) in [5.41, 5.74) is 5.81. The molecule has 0 amide bonds. The summed E-state index contributed by atoms with van der Waals surface area (Å²) in [5, 5.41) is 3.69. The molecule has 23 heavy (non-hydrogen) atoms. The molecule has 0 aliphatic heterocycles. The lowest BCUT2D eigenvalue weighted by atomic mass is 9.98. The van der Waals surface area contributed by atoms with Crippen molar-refractivity contribution >= 4 is 0 Å². The van der Waals surface area contributed by atoms with Gasteiger partial charge in [-0.2, -0.15) is 0 Å². The monoisotopic (exact) mass is 327 g/mol. The molecule has 0 saturated heterocycles. The van der Waals surface area contributed by atoms with Crippen molar-refractivity contribution in [2.75, 3.05) is 39.3 Å². The quantitative estimate of drug-likeness (QED) is 0.392. The van der Waals surface area contributed by atoms with Crippen LogP contribution in [-0.2, 0) is 0 Å². The Morgan fingerprint density at radius 2 is 1.48 bits per heavy atom. The summed E-state index contributed by atoms with van der Waals surface area (Å²) >= 11 is 0. The van der Waals surface area contributed by atoms with Crippen molar-refractivity contribution in [1.82, 2.24) is 10.2 Å². The van der Waals surface area contributed by atoms with Crippen LogP contribution in [0.3, 0.4) is 0 Å². The van der Waals surface area contributed by atoms with Crippen LogP contribution in [0.15, 0.2) is 0 Å². The second-order valence-corrected chi connectivity index (χ2v) is 7.13. The van der Waals surface area contributed by atoms with Crippen molar-refractivity contribution in [3.8, 4) is 0 Å². The average Bonchev–Trinajstić information content (AvgIpc) is 2.57. The van der Waals surface area contributed by atoms with E-state index in [0.717, 1.165) is 38.0 Å². The molecule has 0 aromatic heterocycles. The van der Waals surface area contributed by atoms with Crippen LogP contribution in [0.25, 0.3) is 0 Å². The largest absolute Gasteiger partial charge is 0.329 e. The number of hydrogen-bond acceptors (Lipinski definition) is 3. The van der Waals surface area contributed by atoms with Crippen LogP contribution in [0.1, 0.15) is 79.1 Å². The Morgan fingerprint density at radius 3 is 2.00 bits per heavy atom. The lowest BCUT2D eigenvalue weighted by Gasteiger charge is -2.27. The maximum absolute atomic E-state index is 5.81. The topological polar surface area (TPSA) is 41.3 Å². The van der Waals surface area contributed by atoms with Gasteiger partial charge in [-0.15, -0.1) is 0 Å². The normalized spacial score (nSPS) is 14.3. The molecule has 0 heterocycles. The maximum atomic E-state index is 5.81. The van der Waals surface area contributed by atoms with Gasteiger partial charge >= 0.3 is 0 Å². The molecule has 3 N–H and O–H groups in total. The molecule has 2 unspecified atom stereocenters. The van der Waals surface area contributed by atoms with Gasteiger partial charge in [0.1, 0.15) is 0 Å². The van der Waals surface area contributed by atoms with Crippen molar-refractivity contribution in [3.05, 3.63) is 0 Å². The Hall–Kier alpha value is -0.120. The molecule has 0 aliphatic carbocycles. The molecular weight excluding hydrogens is 282 g/mol. The van der Waals surface area contributed by atoms with Gasteiger partial charge in [0, 0.05) is 32.7 Å². The van der Waals surface area contributed by atoms with Crippen molar-refractivity contribution < 1.29 is 0 Å². The smallest absolute Gasteiger partial charge is 0.0107 e. The van der Waals surface area contributed by atoms with Gasteiger partial charge in [-0.3, -0.25) is 0 Å². The first-order chi connectivity index (χ1) is 11.2. The number of nitrogens with zero attached hydrogens (tertiary/aromatic N) is 1. The first-order valence-electron chi connectivity index (χ1n) is 10.3. The van der Waals surface area contributed by atoms with Crippen LogP contribution in [-0.4, -0.2) is 44.2 Å². The molecule has 0 radical (unpaired) electrons. The third-order valence-corrected chi connectivity index (χ3v) is 5.09. The predicted octanol–water partition coefficient (Wildman–Crippen LogP) is 4.27. The summed E-state index contributed by atoms with van der Waals surface area (Å²) in [7, 11) is 0. The van der Waals surface area contributed by atoms with Gasteiger partial charge in [-0.25, -0.2) is 0 Å². The zero-order chi connectivity index (χ0) is 17.3. The third-order valence-electron chi connectivity index (χ3n) is 5.09. The summed E-state index contributed by atoms with van der Waals surface area (Å²) in [6.07, 6.45) is 10.7. The lowest BCUT2D eigenvalue weighted by molar-refractivity contribution is 0.222. The van der Waals surface area contributed by atoms with E-state index in [1.165, 1.54) is 64.5 Å². The van der Waals surface area contributed by atoms with Crippen molar-refractivity contribution in [3.63, 3.8) is 0 Å². The Morgan fingerprint density at radius 1 is 0.870 bits per heavy atom. The first-order valence-corrected chi connectivity index (χ1v) is 10.3. The van der Waals surface area contributed by atoms with Crippen LogP contribution in [0.5, 0.6) is 0 Å². The summed E-state index contributed by atoms with van der Waals surface area (Å²) in [4.78, 5) is 2.57. The van der Waals surface area contributed by atoms with Gasteiger partial charge in [0.25, 0.3) is 0 Å². The Labute approximate surface area is 146 Å². The first kappa shape index (κ1) is 22.9. The SMILES string of the molecule is CCCCC(CC)CNCCN(CCN)CC(CC)CCCC. The van der Waals surface area contributed by atoms with Crippen molar-refractivity contribution in [2.45, 2.75) is 79.1 Å². The zero-order valence-electron chi connectivity index (χ0n) is 16.6. The fourth-order valence-electron chi connectivity index (χ4n) is 3.25. The highest BCUT2D eigenvalue weighted by Crippen LogP contribution is 2.14. The highest BCUT2D eigenvalue weighted by Gasteiger charge is 2.12. The molecular formula is C20H45N3. The van der Waals surface area contributed by atoms with E-state index in [4.69, 9.17) is 5.73 Å². The van der Waals surface area contributed by atoms with E-state index in [1.807, 2.05) is 0 Å². The summed E-state index contributed by atoms with van der Waals surface area (Å²) in [6.45, 7) is 15.7. The summed E-state index contributed by atoms with van der Waals surface area (Å²) in [6, 6.07) is 0. The fourth-order valence-corrected chi connectivity index (χ4v) is 3.25. The number of hydrogen-bond donors (Lipinski definition) is 2. The Bertz CT molecular complexity index is 233. The maximum Gasteiger partial charge on any atom is 0.0107 e. The highest BCUT2D eigenvalue weighted by molar-refractivity contribution is 4.68. The lowest BCUT2D eigenvalue weighted by Crippen LogP contribution is -2.39. The standard InChI is InChI=1S/C20H45N3/c1-5-9-11-19(7-3)17-22-14-16-23(15-13-21)18-20(8-4)12-10-6-2/h19-20,22H,5-18,21H2,1-4H3.